The number of rotatable bonds is 8. The average molecular weight is 527 g/mol. The highest BCUT2D eigenvalue weighted by Gasteiger charge is 2.27. The van der Waals surface area contributed by atoms with Gasteiger partial charge in [-0.15, -0.1) is 11.3 Å². The molecule has 0 fully saturated rings. The van der Waals surface area contributed by atoms with Gasteiger partial charge in [0.2, 0.25) is 10.0 Å². The topological polar surface area (TPSA) is 92.8 Å². The molecule has 1 amide bonds. The van der Waals surface area contributed by atoms with Gasteiger partial charge in [-0.2, -0.15) is 0 Å². The van der Waals surface area contributed by atoms with E-state index in [0.29, 0.717) is 21.8 Å². The number of esters is 1. The highest BCUT2D eigenvalue weighted by Crippen LogP contribution is 2.39. The third-order valence-electron chi connectivity index (χ3n) is 6.14. The van der Waals surface area contributed by atoms with Gasteiger partial charge in [0, 0.05) is 10.4 Å². The SMILES string of the molecule is CCOC(=O)c1c(NC(=O)c2ccc(N(Cc3ccc(C)cc3)S(C)(=O)=O)cc2)sc2c1CCCC2. The van der Waals surface area contributed by atoms with Gasteiger partial charge in [0.15, 0.2) is 0 Å². The highest BCUT2D eigenvalue weighted by atomic mass is 32.2. The molecule has 0 atom stereocenters. The first-order valence-electron chi connectivity index (χ1n) is 11.9. The van der Waals surface area contributed by atoms with Crippen molar-refractivity contribution in [1.29, 1.82) is 0 Å². The number of benzene rings is 2. The Morgan fingerprint density at radius 1 is 1.03 bits per heavy atom. The zero-order valence-electron chi connectivity index (χ0n) is 20.7. The summed E-state index contributed by atoms with van der Waals surface area (Å²) in [4.78, 5) is 26.9. The van der Waals surface area contributed by atoms with Gasteiger partial charge in [-0.1, -0.05) is 29.8 Å². The first-order chi connectivity index (χ1) is 17.2. The van der Waals surface area contributed by atoms with Crippen molar-refractivity contribution in [2.24, 2.45) is 0 Å². The fourth-order valence-corrected chi connectivity index (χ4v) is 6.45. The molecule has 0 aliphatic heterocycles. The van der Waals surface area contributed by atoms with Crippen molar-refractivity contribution >= 4 is 43.9 Å². The molecule has 0 saturated heterocycles. The second-order valence-electron chi connectivity index (χ2n) is 8.89. The molecule has 0 bridgehead atoms. The van der Waals surface area contributed by atoms with Crippen LogP contribution in [0.3, 0.4) is 0 Å². The predicted octanol–water partition coefficient (Wildman–Crippen LogP) is 5.33. The van der Waals surface area contributed by atoms with Crippen LogP contribution in [0, 0.1) is 6.92 Å². The number of carbonyl (C=O) groups excluding carboxylic acids is 2. The number of nitrogens with one attached hydrogen (secondary N) is 1. The molecule has 0 saturated carbocycles. The number of anilines is 2. The van der Waals surface area contributed by atoms with Gasteiger partial charge >= 0.3 is 5.97 Å². The van der Waals surface area contributed by atoms with Gasteiger partial charge in [-0.3, -0.25) is 9.10 Å². The van der Waals surface area contributed by atoms with E-state index in [1.165, 1.54) is 15.6 Å². The van der Waals surface area contributed by atoms with Crippen LogP contribution in [0.1, 0.15) is 62.0 Å². The molecule has 2 aromatic carbocycles. The fraction of sp³-hybridized carbons (Fsp3) is 0.333. The number of ether oxygens (including phenoxy) is 1. The second kappa shape index (κ2) is 10.8. The van der Waals surface area contributed by atoms with E-state index in [9.17, 15) is 18.0 Å². The third-order valence-corrected chi connectivity index (χ3v) is 8.49. The first-order valence-corrected chi connectivity index (χ1v) is 14.6. The van der Waals surface area contributed by atoms with E-state index in [1.807, 2.05) is 31.2 Å². The zero-order chi connectivity index (χ0) is 25.9. The molecule has 3 aromatic rings. The normalized spacial score (nSPS) is 13.1. The van der Waals surface area contributed by atoms with Gasteiger partial charge < -0.3 is 10.1 Å². The highest BCUT2D eigenvalue weighted by molar-refractivity contribution is 7.92. The monoisotopic (exact) mass is 526 g/mol. The minimum Gasteiger partial charge on any atom is -0.462 e. The summed E-state index contributed by atoms with van der Waals surface area (Å²) < 4.78 is 31.6. The Morgan fingerprint density at radius 3 is 2.33 bits per heavy atom. The van der Waals surface area contributed by atoms with E-state index in [2.05, 4.69) is 5.32 Å². The maximum Gasteiger partial charge on any atom is 0.341 e. The molecular weight excluding hydrogens is 496 g/mol. The minimum atomic E-state index is -3.55. The van der Waals surface area contributed by atoms with Crippen LogP contribution in [0.5, 0.6) is 0 Å². The van der Waals surface area contributed by atoms with Crippen LogP contribution in [-0.4, -0.2) is 33.2 Å². The van der Waals surface area contributed by atoms with Gasteiger partial charge in [0.25, 0.3) is 5.91 Å². The molecule has 1 aliphatic carbocycles. The summed E-state index contributed by atoms with van der Waals surface area (Å²) in [6, 6.07) is 14.1. The van der Waals surface area contributed by atoms with E-state index in [0.717, 1.165) is 53.5 Å². The number of fused-ring (bicyclic) bond motifs is 1. The largest absolute Gasteiger partial charge is 0.462 e. The van der Waals surface area contributed by atoms with Gasteiger partial charge in [0.05, 0.1) is 30.7 Å². The van der Waals surface area contributed by atoms with Crippen molar-refractivity contribution in [2.45, 2.75) is 46.1 Å². The van der Waals surface area contributed by atoms with E-state index < -0.39 is 16.0 Å². The lowest BCUT2D eigenvalue weighted by molar-refractivity contribution is 0.0526. The number of sulfonamides is 1. The molecule has 9 heteroatoms. The number of aryl methyl sites for hydroxylation is 2. The maximum atomic E-state index is 13.1. The van der Waals surface area contributed by atoms with Crippen molar-refractivity contribution in [2.75, 3.05) is 22.5 Å². The van der Waals surface area contributed by atoms with Crippen molar-refractivity contribution in [3.63, 3.8) is 0 Å². The summed E-state index contributed by atoms with van der Waals surface area (Å²) in [6.07, 6.45) is 4.91. The molecule has 0 spiro atoms. The Bertz CT molecular complexity index is 1360. The van der Waals surface area contributed by atoms with Crippen LogP contribution in [0.15, 0.2) is 48.5 Å². The molecule has 4 rings (SSSR count). The van der Waals surface area contributed by atoms with Crippen LogP contribution in [-0.2, 0) is 34.1 Å². The van der Waals surface area contributed by atoms with Crippen molar-refractivity contribution in [1.82, 2.24) is 0 Å². The van der Waals surface area contributed by atoms with E-state index in [-0.39, 0.29) is 19.1 Å². The van der Waals surface area contributed by atoms with Crippen LogP contribution < -0.4 is 9.62 Å². The van der Waals surface area contributed by atoms with Crippen LogP contribution in [0.2, 0.25) is 0 Å². The summed E-state index contributed by atoms with van der Waals surface area (Å²) in [5.41, 5.74) is 4.23. The Hall–Kier alpha value is -3.17. The van der Waals surface area contributed by atoms with E-state index in [1.54, 1.807) is 31.2 Å². The number of thiophene rings is 1. The standard InChI is InChI=1S/C27H30N2O5S2/c1-4-34-27(31)24-22-7-5-6-8-23(22)35-26(24)28-25(30)20-13-15-21(16-14-20)29(36(3,32)33)17-19-11-9-18(2)10-12-19/h9-16H,4-8,17H2,1-3H3,(H,28,30). The Morgan fingerprint density at radius 2 is 1.69 bits per heavy atom. The number of carbonyl (C=O) groups is 2. The third kappa shape index (κ3) is 5.79. The quantitative estimate of drug-likeness (QED) is 0.401. The smallest absolute Gasteiger partial charge is 0.341 e. The number of hydrogen-bond donors (Lipinski definition) is 1. The molecular formula is C27H30N2O5S2. The molecule has 0 radical (unpaired) electrons. The van der Waals surface area contributed by atoms with Crippen LogP contribution >= 0.6 is 11.3 Å². The molecule has 1 N–H and O–H groups in total. The average Bonchev–Trinajstić information content (AvgIpc) is 3.21. The Labute approximate surface area is 216 Å². The van der Waals surface area contributed by atoms with Crippen LogP contribution in [0.4, 0.5) is 10.7 Å². The lowest BCUT2D eigenvalue weighted by Gasteiger charge is -2.23. The van der Waals surface area contributed by atoms with Crippen molar-refractivity contribution < 1.29 is 22.7 Å². The Kier molecular flexibility index (Phi) is 7.80. The number of nitrogens with zero attached hydrogens (tertiary/aromatic N) is 1. The summed E-state index contributed by atoms with van der Waals surface area (Å²) >= 11 is 1.43. The van der Waals surface area contributed by atoms with Gasteiger partial charge in [-0.05, 0) is 74.9 Å². The second-order valence-corrected chi connectivity index (χ2v) is 11.9. The first kappa shape index (κ1) is 25.9. The predicted molar refractivity (Wildman–Crippen MR) is 144 cm³/mol. The fourth-order valence-electron chi connectivity index (χ4n) is 4.29. The summed E-state index contributed by atoms with van der Waals surface area (Å²) in [5.74, 6) is -0.780. The lowest BCUT2D eigenvalue weighted by atomic mass is 9.95. The molecule has 1 aromatic heterocycles. The van der Waals surface area contributed by atoms with Gasteiger partial charge in [0.1, 0.15) is 5.00 Å². The van der Waals surface area contributed by atoms with E-state index in [4.69, 9.17) is 4.74 Å². The maximum absolute atomic E-state index is 13.1. The number of amides is 1. The molecule has 0 unspecified atom stereocenters. The Balaban J connectivity index is 1.56. The van der Waals surface area contributed by atoms with E-state index >= 15 is 0 Å². The summed E-state index contributed by atoms with van der Waals surface area (Å²) in [6.45, 7) is 4.18. The van der Waals surface area contributed by atoms with Crippen molar-refractivity contribution in [3.8, 4) is 0 Å². The zero-order valence-corrected chi connectivity index (χ0v) is 22.3. The molecule has 190 valence electrons. The van der Waals surface area contributed by atoms with Gasteiger partial charge in [-0.25, -0.2) is 13.2 Å². The van der Waals surface area contributed by atoms with Crippen molar-refractivity contribution in [3.05, 3.63) is 81.2 Å². The lowest BCUT2D eigenvalue weighted by Crippen LogP contribution is -2.29. The van der Waals surface area contributed by atoms with Crippen LogP contribution in [0.25, 0.3) is 0 Å². The summed E-state index contributed by atoms with van der Waals surface area (Å²) in [7, 11) is -3.55. The molecule has 1 heterocycles. The molecule has 7 nitrogen and oxygen atoms in total. The molecule has 36 heavy (non-hydrogen) atoms. The minimum absolute atomic E-state index is 0.189. The molecule has 1 aliphatic rings. The number of hydrogen-bond acceptors (Lipinski definition) is 6. The summed E-state index contributed by atoms with van der Waals surface area (Å²) in [5, 5.41) is 3.40.